The standard InChI is InChI=1S/C19H21FN2O2/c20-16-7-6-15(19(23)24)18(21)17(16)14-8-10-22(11-9-14)12-13-4-2-1-3-5-13/h1-7,14H,8-12,21H2,(H,23,24). The predicted octanol–water partition coefficient (Wildman–Crippen LogP) is 3.49. The Kier molecular flexibility index (Phi) is 4.81. The van der Waals surface area contributed by atoms with Crippen molar-refractivity contribution in [1.29, 1.82) is 0 Å². The van der Waals surface area contributed by atoms with E-state index in [-0.39, 0.29) is 17.2 Å². The summed E-state index contributed by atoms with van der Waals surface area (Å²) in [5.74, 6) is -1.55. The zero-order valence-electron chi connectivity index (χ0n) is 13.4. The summed E-state index contributed by atoms with van der Waals surface area (Å²) >= 11 is 0. The Morgan fingerprint density at radius 2 is 1.83 bits per heavy atom. The summed E-state index contributed by atoms with van der Waals surface area (Å²) in [7, 11) is 0. The lowest BCUT2D eigenvalue weighted by molar-refractivity contribution is 0.0698. The van der Waals surface area contributed by atoms with Crippen molar-refractivity contribution in [3.05, 3.63) is 65.0 Å². The summed E-state index contributed by atoms with van der Waals surface area (Å²) in [5.41, 5.74) is 7.63. The van der Waals surface area contributed by atoms with Crippen LogP contribution in [0.1, 0.15) is 40.2 Å². The van der Waals surface area contributed by atoms with Gasteiger partial charge in [-0.05, 0) is 49.5 Å². The Balaban J connectivity index is 1.71. The molecule has 0 radical (unpaired) electrons. The molecule has 5 heteroatoms. The van der Waals surface area contributed by atoms with Crippen molar-refractivity contribution >= 4 is 11.7 Å². The Morgan fingerprint density at radius 3 is 2.46 bits per heavy atom. The normalized spacial score (nSPS) is 16.2. The van der Waals surface area contributed by atoms with Crippen LogP contribution in [0.5, 0.6) is 0 Å². The van der Waals surface area contributed by atoms with Gasteiger partial charge in [-0.2, -0.15) is 0 Å². The Bertz CT molecular complexity index is 726. The van der Waals surface area contributed by atoms with E-state index in [1.807, 2.05) is 18.2 Å². The van der Waals surface area contributed by atoms with Gasteiger partial charge in [-0.1, -0.05) is 30.3 Å². The van der Waals surface area contributed by atoms with E-state index in [2.05, 4.69) is 17.0 Å². The van der Waals surface area contributed by atoms with E-state index in [1.165, 1.54) is 17.7 Å². The van der Waals surface area contributed by atoms with E-state index < -0.39 is 11.8 Å². The number of rotatable bonds is 4. The van der Waals surface area contributed by atoms with Gasteiger partial charge in [0.15, 0.2) is 0 Å². The van der Waals surface area contributed by atoms with E-state index in [4.69, 9.17) is 5.73 Å². The summed E-state index contributed by atoms with van der Waals surface area (Å²) in [4.78, 5) is 13.5. The second-order valence-corrected chi connectivity index (χ2v) is 6.26. The van der Waals surface area contributed by atoms with Gasteiger partial charge in [0.1, 0.15) is 5.82 Å². The van der Waals surface area contributed by atoms with Crippen LogP contribution in [0.2, 0.25) is 0 Å². The average molecular weight is 328 g/mol. The van der Waals surface area contributed by atoms with Gasteiger partial charge in [0, 0.05) is 12.1 Å². The molecule has 0 saturated carbocycles. The van der Waals surface area contributed by atoms with Crippen molar-refractivity contribution in [3.8, 4) is 0 Å². The quantitative estimate of drug-likeness (QED) is 0.843. The Hall–Kier alpha value is -2.40. The molecule has 4 nitrogen and oxygen atoms in total. The maximum atomic E-state index is 14.2. The van der Waals surface area contributed by atoms with Crippen LogP contribution in [0.3, 0.4) is 0 Å². The maximum absolute atomic E-state index is 14.2. The Morgan fingerprint density at radius 1 is 1.17 bits per heavy atom. The van der Waals surface area contributed by atoms with Gasteiger partial charge in [-0.25, -0.2) is 9.18 Å². The number of anilines is 1. The molecular weight excluding hydrogens is 307 g/mol. The molecule has 1 saturated heterocycles. The highest BCUT2D eigenvalue weighted by atomic mass is 19.1. The molecule has 0 unspecified atom stereocenters. The first-order valence-electron chi connectivity index (χ1n) is 8.13. The number of likely N-dealkylation sites (tertiary alicyclic amines) is 1. The van der Waals surface area contributed by atoms with E-state index in [0.717, 1.165) is 32.5 Å². The molecule has 0 aromatic heterocycles. The first-order valence-corrected chi connectivity index (χ1v) is 8.13. The van der Waals surface area contributed by atoms with Crippen molar-refractivity contribution in [2.75, 3.05) is 18.8 Å². The molecule has 0 amide bonds. The van der Waals surface area contributed by atoms with E-state index in [9.17, 15) is 14.3 Å². The fourth-order valence-corrected chi connectivity index (χ4v) is 3.43. The summed E-state index contributed by atoms with van der Waals surface area (Å²) in [6, 6.07) is 12.7. The van der Waals surface area contributed by atoms with Crippen LogP contribution in [-0.4, -0.2) is 29.1 Å². The number of benzene rings is 2. The number of nitrogen functional groups attached to an aromatic ring is 1. The molecule has 1 aliphatic heterocycles. The minimum atomic E-state index is -1.12. The van der Waals surface area contributed by atoms with Crippen LogP contribution in [0.4, 0.5) is 10.1 Å². The van der Waals surface area contributed by atoms with Gasteiger partial charge in [0.2, 0.25) is 0 Å². The molecular formula is C19H21FN2O2. The molecule has 0 atom stereocenters. The minimum absolute atomic E-state index is 0.0156. The van der Waals surface area contributed by atoms with Gasteiger partial charge in [-0.3, -0.25) is 4.90 Å². The number of hydrogen-bond acceptors (Lipinski definition) is 3. The van der Waals surface area contributed by atoms with E-state index in [0.29, 0.717) is 5.56 Å². The number of carboxylic acid groups (broad SMARTS) is 1. The van der Waals surface area contributed by atoms with Crippen molar-refractivity contribution in [3.63, 3.8) is 0 Å². The SMILES string of the molecule is Nc1c(C(=O)O)ccc(F)c1C1CCN(Cc2ccccc2)CC1. The van der Waals surface area contributed by atoms with Crippen molar-refractivity contribution in [2.24, 2.45) is 0 Å². The summed E-state index contributed by atoms with van der Waals surface area (Å²) < 4.78 is 14.2. The second-order valence-electron chi connectivity index (χ2n) is 6.26. The highest BCUT2D eigenvalue weighted by molar-refractivity contribution is 5.94. The lowest BCUT2D eigenvalue weighted by Gasteiger charge is -2.33. The largest absolute Gasteiger partial charge is 0.478 e. The lowest BCUT2D eigenvalue weighted by Crippen LogP contribution is -2.33. The first kappa shape index (κ1) is 16.5. The number of piperidine rings is 1. The third-order valence-corrected chi connectivity index (χ3v) is 4.71. The predicted molar refractivity (Wildman–Crippen MR) is 91.5 cm³/mol. The highest BCUT2D eigenvalue weighted by Gasteiger charge is 2.26. The average Bonchev–Trinajstić information content (AvgIpc) is 2.57. The minimum Gasteiger partial charge on any atom is -0.478 e. The second kappa shape index (κ2) is 7.01. The maximum Gasteiger partial charge on any atom is 0.337 e. The topological polar surface area (TPSA) is 66.6 Å². The van der Waals surface area contributed by atoms with Gasteiger partial charge < -0.3 is 10.8 Å². The van der Waals surface area contributed by atoms with Crippen LogP contribution in [0.15, 0.2) is 42.5 Å². The first-order chi connectivity index (χ1) is 11.6. The lowest BCUT2D eigenvalue weighted by atomic mass is 9.86. The third kappa shape index (κ3) is 3.41. The number of aromatic carboxylic acids is 1. The zero-order chi connectivity index (χ0) is 17.1. The van der Waals surface area contributed by atoms with Crippen LogP contribution >= 0.6 is 0 Å². The molecule has 3 N–H and O–H groups in total. The molecule has 126 valence electrons. The number of nitrogens with two attached hydrogens (primary N) is 1. The fraction of sp³-hybridized carbons (Fsp3) is 0.316. The van der Waals surface area contributed by atoms with Gasteiger partial charge in [0.25, 0.3) is 0 Å². The van der Waals surface area contributed by atoms with E-state index in [1.54, 1.807) is 0 Å². The smallest absolute Gasteiger partial charge is 0.337 e. The van der Waals surface area contributed by atoms with Gasteiger partial charge >= 0.3 is 5.97 Å². The molecule has 1 fully saturated rings. The zero-order valence-corrected chi connectivity index (χ0v) is 13.4. The van der Waals surface area contributed by atoms with Crippen molar-refractivity contribution in [1.82, 2.24) is 4.90 Å². The molecule has 0 aliphatic carbocycles. The molecule has 2 aromatic carbocycles. The molecule has 24 heavy (non-hydrogen) atoms. The molecule has 1 heterocycles. The third-order valence-electron chi connectivity index (χ3n) is 4.71. The number of carboxylic acids is 1. The molecule has 0 spiro atoms. The summed E-state index contributed by atoms with van der Waals surface area (Å²) in [5, 5.41) is 9.17. The van der Waals surface area contributed by atoms with E-state index >= 15 is 0 Å². The molecule has 2 aromatic rings. The number of halogens is 1. The highest BCUT2D eigenvalue weighted by Crippen LogP contribution is 2.35. The van der Waals surface area contributed by atoms with Crippen LogP contribution < -0.4 is 5.73 Å². The molecule has 0 bridgehead atoms. The number of carbonyl (C=O) groups is 1. The van der Waals surface area contributed by atoms with Crippen molar-refractivity contribution < 1.29 is 14.3 Å². The molecule has 3 rings (SSSR count). The monoisotopic (exact) mass is 328 g/mol. The Labute approximate surface area is 140 Å². The fourth-order valence-electron chi connectivity index (χ4n) is 3.43. The van der Waals surface area contributed by atoms with Crippen LogP contribution in [0.25, 0.3) is 0 Å². The van der Waals surface area contributed by atoms with Crippen LogP contribution in [0, 0.1) is 5.82 Å². The number of hydrogen-bond donors (Lipinski definition) is 2. The van der Waals surface area contributed by atoms with Gasteiger partial charge in [-0.15, -0.1) is 0 Å². The summed E-state index contributed by atoms with van der Waals surface area (Å²) in [6.07, 6.45) is 1.55. The van der Waals surface area contributed by atoms with Crippen molar-refractivity contribution in [2.45, 2.75) is 25.3 Å². The van der Waals surface area contributed by atoms with Crippen LogP contribution in [-0.2, 0) is 6.54 Å². The molecule has 1 aliphatic rings. The van der Waals surface area contributed by atoms with Gasteiger partial charge in [0.05, 0.1) is 11.3 Å². The number of nitrogens with zero attached hydrogens (tertiary/aromatic N) is 1. The summed E-state index contributed by atoms with van der Waals surface area (Å²) in [6.45, 7) is 2.56.